The van der Waals surface area contributed by atoms with E-state index in [1.807, 2.05) is 0 Å². The number of hydrogen-bond acceptors (Lipinski definition) is 1. The van der Waals surface area contributed by atoms with Gasteiger partial charge in [-0.3, -0.25) is 0 Å². The van der Waals surface area contributed by atoms with Crippen LogP contribution in [0.2, 0.25) is 0 Å². The van der Waals surface area contributed by atoms with Gasteiger partial charge in [0.05, 0.1) is 0 Å². The molecular weight excluding hydrogens is 248 g/mol. The summed E-state index contributed by atoms with van der Waals surface area (Å²) >= 11 is 0. The molecular formula is C10H9F6N. The normalized spacial score (nSPS) is 13.8. The van der Waals surface area contributed by atoms with Crippen LogP contribution in [0.3, 0.4) is 0 Å². The number of rotatable bonds is 3. The topological polar surface area (TPSA) is 26.0 Å². The van der Waals surface area contributed by atoms with Gasteiger partial charge in [-0.15, -0.1) is 0 Å². The highest BCUT2D eigenvalue weighted by Crippen LogP contribution is 2.28. The summed E-state index contributed by atoms with van der Waals surface area (Å²) in [5.74, 6) is -3.97. The van der Waals surface area contributed by atoms with Crippen LogP contribution in [-0.2, 0) is 0 Å². The summed E-state index contributed by atoms with van der Waals surface area (Å²) < 4.78 is 74.4. The third-order valence-electron chi connectivity index (χ3n) is 2.16. The van der Waals surface area contributed by atoms with Crippen LogP contribution in [0.1, 0.15) is 24.4 Å². The highest BCUT2D eigenvalue weighted by Gasteiger charge is 2.29. The third-order valence-corrected chi connectivity index (χ3v) is 2.16. The van der Waals surface area contributed by atoms with E-state index in [-0.39, 0.29) is 0 Å². The first kappa shape index (κ1) is 13.8. The second kappa shape index (κ2) is 4.95. The summed E-state index contributed by atoms with van der Waals surface area (Å²) in [6, 6.07) is -0.504. The molecule has 0 saturated heterocycles. The van der Waals surface area contributed by atoms with Gasteiger partial charge in [-0.25, -0.2) is 13.2 Å². The molecule has 1 atom stereocenters. The van der Waals surface area contributed by atoms with Gasteiger partial charge in [-0.1, -0.05) is 0 Å². The van der Waals surface area contributed by atoms with E-state index < -0.39 is 48.1 Å². The zero-order valence-electron chi connectivity index (χ0n) is 8.49. The Morgan fingerprint density at radius 3 is 2.24 bits per heavy atom. The smallest absolute Gasteiger partial charge is 0.324 e. The van der Waals surface area contributed by atoms with E-state index in [0.717, 1.165) is 0 Å². The molecule has 0 heterocycles. The van der Waals surface area contributed by atoms with E-state index >= 15 is 0 Å². The minimum Gasteiger partial charge on any atom is -0.324 e. The molecule has 2 N–H and O–H groups in total. The van der Waals surface area contributed by atoms with Crippen LogP contribution < -0.4 is 5.73 Å². The van der Waals surface area contributed by atoms with Gasteiger partial charge in [0.2, 0.25) is 0 Å². The molecule has 1 aromatic carbocycles. The molecule has 7 heteroatoms. The number of nitrogens with two attached hydrogens (primary N) is 1. The quantitative estimate of drug-likeness (QED) is 0.651. The highest BCUT2D eigenvalue weighted by molar-refractivity contribution is 5.23. The van der Waals surface area contributed by atoms with Crippen molar-refractivity contribution in [2.45, 2.75) is 25.1 Å². The van der Waals surface area contributed by atoms with Crippen LogP contribution in [-0.4, -0.2) is 6.18 Å². The van der Waals surface area contributed by atoms with Crippen LogP contribution in [0.25, 0.3) is 0 Å². The largest absolute Gasteiger partial charge is 0.389 e. The Morgan fingerprint density at radius 2 is 1.71 bits per heavy atom. The Hall–Kier alpha value is -1.24. The van der Waals surface area contributed by atoms with Crippen molar-refractivity contribution < 1.29 is 26.3 Å². The summed E-state index contributed by atoms with van der Waals surface area (Å²) in [4.78, 5) is 0. The Bertz CT molecular complexity index is 401. The first-order valence-corrected chi connectivity index (χ1v) is 4.67. The summed E-state index contributed by atoms with van der Waals surface area (Å²) in [5.41, 5.74) is 4.68. The first-order chi connectivity index (χ1) is 7.70. The maximum Gasteiger partial charge on any atom is 0.389 e. The summed E-state index contributed by atoms with van der Waals surface area (Å²) in [5, 5.41) is 0. The van der Waals surface area contributed by atoms with Crippen molar-refractivity contribution in [1.29, 1.82) is 0 Å². The molecule has 1 rings (SSSR count). The van der Waals surface area contributed by atoms with Crippen molar-refractivity contribution in [3.63, 3.8) is 0 Å². The molecule has 0 bridgehead atoms. The minimum atomic E-state index is -4.44. The van der Waals surface area contributed by atoms with Gasteiger partial charge in [0.25, 0.3) is 0 Å². The molecule has 0 amide bonds. The molecule has 0 aliphatic rings. The van der Waals surface area contributed by atoms with Gasteiger partial charge in [-0.2, -0.15) is 13.2 Å². The molecule has 0 aliphatic carbocycles. The van der Waals surface area contributed by atoms with E-state index in [1.165, 1.54) is 0 Å². The van der Waals surface area contributed by atoms with Crippen LogP contribution in [0.15, 0.2) is 12.1 Å². The zero-order chi connectivity index (χ0) is 13.2. The fourth-order valence-corrected chi connectivity index (χ4v) is 1.32. The number of alkyl halides is 3. The predicted octanol–water partition coefficient (Wildman–Crippen LogP) is 3.45. The van der Waals surface area contributed by atoms with Gasteiger partial charge in [0.15, 0.2) is 11.6 Å². The fourth-order valence-electron chi connectivity index (χ4n) is 1.32. The van der Waals surface area contributed by atoms with E-state index in [0.29, 0.717) is 12.1 Å². The SMILES string of the molecule is N[C@H](CCC(F)(F)F)c1cc(F)cc(F)c1F. The molecule has 0 unspecified atom stereocenters. The van der Waals surface area contributed by atoms with E-state index in [9.17, 15) is 26.3 Å². The van der Waals surface area contributed by atoms with Crippen molar-refractivity contribution in [2.75, 3.05) is 0 Å². The molecule has 1 aromatic rings. The van der Waals surface area contributed by atoms with Crippen LogP contribution in [0.4, 0.5) is 26.3 Å². The molecule has 0 fully saturated rings. The Kier molecular flexibility index (Phi) is 4.03. The van der Waals surface area contributed by atoms with Crippen LogP contribution in [0.5, 0.6) is 0 Å². The van der Waals surface area contributed by atoms with Gasteiger partial charge < -0.3 is 5.73 Å². The van der Waals surface area contributed by atoms with Crippen LogP contribution in [0, 0.1) is 17.5 Å². The molecule has 17 heavy (non-hydrogen) atoms. The van der Waals surface area contributed by atoms with E-state index in [4.69, 9.17) is 5.73 Å². The fraction of sp³-hybridized carbons (Fsp3) is 0.400. The minimum absolute atomic E-state index is 0.301. The number of benzene rings is 1. The number of hydrogen-bond donors (Lipinski definition) is 1. The second-order valence-corrected chi connectivity index (χ2v) is 3.55. The predicted molar refractivity (Wildman–Crippen MR) is 48.5 cm³/mol. The van der Waals surface area contributed by atoms with Crippen LogP contribution >= 0.6 is 0 Å². The van der Waals surface area contributed by atoms with Crippen molar-refractivity contribution in [1.82, 2.24) is 0 Å². The van der Waals surface area contributed by atoms with Gasteiger partial charge >= 0.3 is 6.18 Å². The summed E-state index contributed by atoms with van der Waals surface area (Å²) in [6.07, 6.45) is -6.32. The summed E-state index contributed by atoms with van der Waals surface area (Å²) in [6.45, 7) is 0. The highest BCUT2D eigenvalue weighted by atomic mass is 19.4. The lowest BCUT2D eigenvalue weighted by Gasteiger charge is -2.14. The average molecular weight is 257 g/mol. The Labute approximate surface area is 93.2 Å². The molecule has 0 aromatic heterocycles. The maximum absolute atomic E-state index is 13.1. The maximum atomic E-state index is 13.1. The van der Waals surface area contributed by atoms with E-state index in [2.05, 4.69) is 0 Å². The van der Waals surface area contributed by atoms with E-state index in [1.54, 1.807) is 0 Å². The molecule has 0 aliphatic heterocycles. The monoisotopic (exact) mass is 257 g/mol. The Morgan fingerprint density at radius 1 is 1.12 bits per heavy atom. The lowest BCUT2D eigenvalue weighted by atomic mass is 10.0. The second-order valence-electron chi connectivity index (χ2n) is 3.55. The van der Waals surface area contributed by atoms with Crippen molar-refractivity contribution in [3.05, 3.63) is 35.1 Å². The van der Waals surface area contributed by atoms with Gasteiger partial charge in [0, 0.05) is 24.1 Å². The molecule has 0 spiro atoms. The van der Waals surface area contributed by atoms with Gasteiger partial charge in [-0.05, 0) is 12.5 Å². The molecule has 1 nitrogen and oxygen atoms in total. The molecule has 96 valence electrons. The zero-order valence-corrected chi connectivity index (χ0v) is 8.49. The Balaban J connectivity index is 2.85. The molecule has 0 radical (unpaired) electrons. The third kappa shape index (κ3) is 3.92. The number of halogens is 6. The first-order valence-electron chi connectivity index (χ1n) is 4.67. The molecule has 0 saturated carbocycles. The lowest BCUT2D eigenvalue weighted by Crippen LogP contribution is -2.17. The van der Waals surface area contributed by atoms with Crippen molar-refractivity contribution in [2.24, 2.45) is 5.73 Å². The summed E-state index contributed by atoms with van der Waals surface area (Å²) in [7, 11) is 0. The van der Waals surface area contributed by atoms with Gasteiger partial charge in [0.1, 0.15) is 5.82 Å². The standard InChI is InChI=1S/C10H9F6N/c11-5-3-6(9(13)7(12)4-5)8(17)1-2-10(14,15)16/h3-4,8H,1-2,17H2/t8-/m1/s1. The van der Waals surface area contributed by atoms with Crippen molar-refractivity contribution in [3.8, 4) is 0 Å². The van der Waals surface area contributed by atoms with Crippen molar-refractivity contribution >= 4 is 0 Å². The average Bonchev–Trinajstić information content (AvgIpc) is 2.19. The lowest BCUT2D eigenvalue weighted by molar-refractivity contribution is -0.136.